The van der Waals surface area contributed by atoms with Gasteiger partial charge < -0.3 is 9.88 Å². The minimum atomic E-state index is 0.0697. The quantitative estimate of drug-likeness (QED) is 0.879. The molecule has 0 radical (unpaired) electrons. The Kier molecular flexibility index (Phi) is 3.22. The predicted octanol–water partition coefficient (Wildman–Crippen LogP) is 1.83. The van der Waals surface area contributed by atoms with Crippen molar-refractivity contribution in [3.05, 3.63) is 45.6 Å². The molecule has 0 bridgehead atoms. The summed E-state index contributed by atoms with van der Waals surface area (Å²) < 4.78 is 1.71. The lowest BCUT2D eigenvalue weighted by Gasteiger charge is -2.08. The standard InChI is InChI=1S/C12H14N2OS/c1-13-8-9-5-6-10(14(2)12(9)15)11-4-3-7-16-11/h3-7,13H,8H2,1-2H3. The topological polar surface area (TPSA) is 34.0 Å². The maximum Gasteiger partial charge on any atom is 0.255 e. The second-order valence-electron chi connectivity index (χ2n) is 3.62. The Morgan fingerprint density at radius 2 is 2.19 bits per heavy atom. The maximum absolute atomic E-state index is 12.0. The number of thiophene rings is 1. The second-order valence-corrected chi connectivity index (χ2v) is 4.56. The van der Waals surface area contributed by atoms with Gasteiger partial charge in [0.2, 0.25) is 0 Å². The fraction of sp³-hybridized carbons (Fsp3) is 0.250. The molecule has 2 rings (SSSR count). The highest BCUT2D eigenvalue weighted by molar-refractivity contribution is 7.13. The summed E-state index contributed by atoms with van der Waals surface area (Å²) in [5.74, 6) is 0. The molecule has 84 valence electrons. The maximum atomic E-state index is 12.0. The summed E-state index contributed by atoms with van der Waals surface area (Å²) >= 11 is 1.64. The fourth-order valence-corrected chi connectivity index (χ4v) is 2.47. The summed E-state index contributed by atoms with van der Waals surface area (Å²) in [7, 11) is 3.66. The third-order valence-electron chi connectivity index (χ3n) is 2.52. The molecule has 0 aliphatic rings. The molecule has 0 saturated carbocycles. The zero-order chi connectivity index (χ0) is 11.5. The number of pyridine rings is 1. The minimum Gasteiger partial charge on any atom is -0.315 e. The molecule has 0 amide bonds. The first-order valence-corrected chi connectivity index (χ1v) is 5.99. The molecular weight excluding hydrogens is 220 g/mol. The van der Waals surface area contributed by atoms with Gasteiger partial charge in [-0.05, 0) is 24.6 Å². The summed E-state index contributed by atoms with van der Waals surface area (Å²) in [5.41, 5.74) is 1.84. The number of hydrogen-bond acceptors (Lipinski definition) is 3. The van der Waals surface area contributed by atoms with E-state index in [-0.39, 0.29) is 5.56 Å². The highest BCUT2D eigenvalue weighted by Gasteiger charge is 2.07. The lowest BCUT2D eigenvalue weighted by atomic mass is 10.2. The molecule has 2 aromatic heterocycles. The van der Waals surface area contributed by atoms with Crippen LogP contribution >= 0.6 is 11.3 Å². The molecule has 3 nitrogen and oxygen atoms in total. The van der Waals surface area contributed by atoms with Gasteiger partial charge in [0.15, 0.2) is 0 Å². The van der Waals surface area contributed by atoms with E-state index in [1.54, 1.807) is 15.9 Å². The van der Waals surface area contributed by atoms with Crippen molar-refractivity contribution in [2.24, 2.45) is 7.05 Å². The van der Waals surface area contributed by atoms with Crippen LogP contribution in [-0.4, -0.2) is 11.6 Å². The molecule has 1 N–H and O–H groups in total. The van der Waals surface area contributed by atoms with E-state index >= 15 is 0 Å². The van der Waals surface area contributed by atoms with Gasteiger partial charge in [-0.15, -0.1) is 11.3 Å². The molecule has 0 aromatic carbocycles. The lowest BCUT2D eigenvalue weighted by Crippen LogP contribution is -2.24. The average molecular weight is 234 g/mol. The molecule has 2 heterocycles. The Morgan fingerprint density at radius 3 is 2.81 bits per heavy atom. The second kappa shape index (κ2) is 4.63. The molecule has 0 atom stereocenters. The summed E-state index contributed by atoms with van der Waals surface area (Å²) in [6, 6.07) is 7.91. The van der Waals surface area contributed by atoms with Gasteiger partial charge in [-0.1, -0.05) is 12.1 Å². The zero-order valence-electron chi connectivity index (χ0n) is 9.36. The number of rotatable bonds is 3. The van der Waals surface area contributed by atoms with E-state index in [1.807, 2.05) is 43.7 Å². The van der Waals surface area contributed by atoms with E-state index in [0.29, 0.717) is 6.54 Å². The van der Waals surface area contributed by atoms with Crippen molar-refractivity contribution >= 4 is 11.3 Å². The Labute approximate surface area is 98.4 Å². The third-order valence-corrected chi connectivity index (χ3v) is 3.42. The number of nitrogens with one attached hydrogen (secondary N) is 1. The van der Waals surface area contributed by atoms with Gasteiger partial charge in [-0.3, -0.25) is 4.79 Å². The van der Waals surface area contributed by atoms with E-state index in [2.05, 4.69) is 5.32 Å². The van der Waals surface area contributed by atoms with Gasteiger partial charge in [-0.2, -0.15) is 0 Å². The largest absolute Gasteiger partial charge is 0.315 e. The lowest BCUT2D eigenvalue weighted by molar-refractivity contribution is 0.772. The van der Waals surface area contributed by atoms with E-state index in [9.17, 15) is 4.79 Å². The summed E-state index contributed by atoms with van der Waals surface area (Å²) in [5, 5.41) is 5.01. The minimum absolute atomic E-state index is 0.0697. The predicted molar refractivity (Wildman–Crippen MR) is 67.8 cm³/mol. The zero-order valence-corrected chi connectivity index (χ0v) is 10.2. The smallest absolute Gasteiger partial charge is 0.255 e. The number of hydrogen-bond donors (Lipinski definition) is 1. The van der Waals surface area contributed by atoms with Crippen LogP contribution in [0.4, 0.5) is 0 Å². The monoisotopic (exact) mass is 234 g/mol. The molecule has 2 aromatic rings. The Morgan fingerprint density at radius 1 is 1.38 bits per heavy atom. The molecule has 0 aliphatic carbocycles. The van der Waals surface area contributed by atoms with Crippen molar-refractivity contribution in [1.82, 2.24) is 9.88 Å². The van der Waals surface area contributed by atoms with Crippen LogP contribution in [-0.2, 0) is 13.6 Å². The van der Waals surface area contributed by atoms with E-state index in [1.165, 1.54) is 0 Å². The van der Waals surface area contributed by atoms with Crippen molar-refractivity contribution in [2.75, 3.05) is 7.05 Å². The summed E-state index contributed by atoms with van der Waals surface area (Å²) in [6.45, 7) is 0.609. The van der Waals surface area contributed by atoms with E-state index in [0.717, 1.165) is 16.1 Å². The number of aromatic nitrogens is 1. The Balaban J connectivity index is 2.51. The van der Waals surface area contributed by atoms with Crippen LogP contribution in [0.1, 0.15) is 5.56 Å². The molecule has 0 fully saturated rings. The first-order chi connectivity index (χ1) is 7.74. The fourth-order valence-electron chi connectivity index (χ4n) is 1.68. The van der Waals surface area contributed by atoms with Crippen LogP contribution < -0.4 is 10.9 Å². The molecule has 0 spiro atoms. The summed E-state index contributed by atoms with van der Waals surface area (Å²) in [4.78, 5) is 13.1. The van der Waals surface area contributed by atoms with Crippen LogP contribution in [0.5, 0.6) is 0 Å². The van der Waals surface area contributed by atoms with Crippen LogP contribution in [0.2, 0.25) is 0 Å². The van der Waals surface area contributed by atoms with Gasteiger partial charge in [0, 0.05) is 19.2 Å². The highest BCUT2D eigenvalue weighted by Crippen LogP contribution is 2.22. The van der Waals surface area contributed by atoms with Crippen LogP contribution in [0.15, 0.2) is 34.4 Å². The van der Waals surface area contributed by atoms with Crippen LogP contribution in [0.3, 0.4) is 0 Å². The molecular formula is C12H14N2OS. The van der Waals surface area contributed by atoms with Gasteiger partial charge in [0.25, 0.3) is 5.56 Å². The molecule has 0 aliphatic heterocycles. The van der Waals surface area contributed by atoms with Crippen molar-refractivity contribution in [1.29, 1.82) is 0 Å². The van der Waals surface area contributed by atoms with E-state index < -0.39 is 0 Å². The van der Waals surface area contributed by atoms with Gasteiger partial charge in [-0.25, -0.2) is 0 Å². The Bertz CT molecular complexity index is 528. The molecule has 16 heavy (non-hydrogen) atoms. The highest BCUT2D eigenvalue weighted by atomic mass is 32.1. The van der Waals surface area contributed by atoms with Crippen molar-refractivity contribution < 1.29 is 0 Å². The van der Waals surface area contributed by atoms with Crippen molar-refractivity contribution in [3.63, 3.8) is 0 Å². The van der Waals surface area contributed by atoms with Crippen molar-refractivity contribution in [2.45, 2.75) is 6.54 Å². The molecule has 0 unspecified atom stereocenters. The van der Waals surface area contributed by atoms with Crippen LogP contribution in [0, 0.1) is 0 Å². The Hall–Kier alpha value is -1.39. The van der Waals surface area contributed by atoms with Gasteiger partial charge in [0.1, 0.15) is 0 Å². The van der Waals surface area contributed by atoms with Gasteiger partial charge >= 0.3 is 0 Å². The third kappa shape index (κ3) is 1.94. The molecule has 4 heteroatoms. The average Bonchev–Trinajstić information content (AvgIpc) is 2.79. The SMILES string of the molecule is CNCc1ccc(-c2cccs2)n(C)c1=O. The van der Waals surface area contributed by atoms with Crippen LogP contribution in [0.25, 0.3) is 10.6 Å². The van der Waals surface area contributed by atoms with Gasteiger partial charge in [0.05, 0.1) is 10.6 Å². The number of nitrogens with zero attached hydrogens (tertiary/aromatic N) is 1. The normalized spacial score (nSPS) is 10.6. The first-order valence-electron chi connectivity index (χ1n) is 5.11. The summed E-state index contributed by atoms with van der Waals surface area (Å²) in [6.07, 6.45) is 0. The van der Waals surface area contributed by atoms with E-state index in [4.69, 9.17) is 0 Å². The van der Waals surface area contributed by atoms with Crippen molar-refractivity contribution in [3.8, 4) is 10.6 Å². The molecule has 0 saturated heterocycles. The first kappa shape index (κ1) is 11.1.